The summed E-state index contributed by atoms with van der Waals surface area (Å²) < 4.78 is 0. The van der Waals surface area contributed by atoms with Crippen LogP contribution in [0.5, 0.6) is 0 Å². The van der Waals surface area contributed by atoms with Crippen molar-refractivity contribution in [2.45, 2.75) is 26.2 Å². The van der Waals surface area contributed by atoms with Gasteiger partial charge in [0.2, 0.25) is 0 Å². The summed E-state index contributed by atoms with van der Waals surface area (Å²) in [4.78, 5) is 11.3. The van der Waals surface area contributed by atoms with Gasteiger partial charge in [-0.1, -0.05) is 31.5 Å². The highest BCUT2D eigenvalue weighted by molar-refractivity contribution is 5.82. The van der Waals surface area contributed by atoms with E-state index >= 15 is 0 Å². The van der Waals surface area contributed by atoms with Crippen LogP contribution >= 0.6 is 0 Å². The smallest absolute Gasteiger partial charge is 0.151 e. The largest absolute Gasteiger partial charge is 0.378 e. The maximum atomic E-state index is 11.3. The van der Waals surface area contributed by atoms with Gasteiger partial charge in [-0.3, -0.25) is 4.79 Å². The SMILES string of the molecule is CCCCC(=O)CNc1ccccc1. The zero-order chi connectivity index (χ0) is 10.2. The maximum Gasteiger partial charge on any atom is 0.151 e. The number of rotatable bonds is 6. The molecule has 0 spiro atoms. The number of hydrogen-bond donors (Lipinski definition) is 1. The summed E-state index contributed by atoms with van der Waals surface area (Å²) in [6.07, 6.45) is 2.77. The molecule has 0 amide bonds. The molecule has 14 heavy (non-hydrogen) atoms. The monoisotopic (exact) mass is 191 g/mol. The maximum absolute atomic E-state index is 11.3. The Kier molecular flexibility index (Phi) is 4.76. The molecule has 1 aromatic rings. The first-order chi connectivity index (χ1) is 6.83. The van der Waals surface area contributed by atoms with E-state index in [1.165, 1.54) is 0 Å². The fourth-order valence-electron chi connectivity index (χ4n) is 1.22. The first-order valence-electron chi connectivity index (χ1n) is 5.13. The van der Waals surface area contributed by atoms with Crippen LogP contribution in [0, 0.1) is 0 Å². The van der Waals surface area contributed by atoms with Crippen LogP contribution in [-0.4, -0.2) is 12.3 Å². The minimum Gasteiger partial charge on any atom is -0.378 e. The standard InChI is InChI=1S/C12H17NO/c1-2-3-9-12(14)10-13-11-7-5-4-6-8-11/h4-8,13H,2-3,9-10H2,1H3. The normalized spacial score (nSPS) is 9.79. The summed E-state index contributed by atoms with van der Waals surface area (Å²) in [5, 5.41) is 3.10. The lowest BCUT2D eigenvalue weighted by molar-refractivity contribution is -0.117. The molecule has 0 aliphatic rings. The van der Waals surface area contributed by atoms with Crippen molar-refractivity contribution in [1.82, 2.24) is 0 Å². The fourth-order valence-corrected chi connectivity index (χ4v) is 1.22. The molecule has 0 bridgehead atoms. The third kappa shape index (κ3) is 4.08. The van der Waals surface area contributed by atoms with Gasteiger partial charge >= 0.3 is 0 Å². The third-order valence-electron chi connectivity index (χ3n) is 2.07. The lowest BCUT2D eigenvalue weighted by Crippen LogP contribution is -2.13. The van der Waals surface area contributed by atoms with Gasteiger partial charge in [0, 0.05) is 12.1 Å². The molecule has 0 atom stereocenters. The molecule has 2 nitrogen and oxygen atoms in total. The molecule has 1 N–H and O–H groups in total. The Morgan fingerprint density at radius 2 is 2.00 bits per heavy atom. The van der Waals surface area contributed by atoms with Crippen LogP contribution in [0.25, 0.3) is 0 Å². The first kappa shape index (κ1) is 10.8. The van der Waals surface area contributed by atoms with Crippen molar-refractivity contribution in [2.75, 3.05) is 11.9 Å². The van der Waals surface area contributed by atoms with Gasteiger partial charge in [0.1, 0.15) is 0 Å². The summed E-state index contributed by atoms with van der Waals surface area (Å²) in [6, 6.07) is 9.81. The summed E-state index contributed by atoms with van der Waals surface area (Å²) >= 11 is 0. The van der Waals surface area contributed by atoms with E-state index < -0.39 is 0 Å². The van der Waals surface area contributed by atoms with E-state index in [9.17, 15) is 4.79 Å². The molecular formula is C12H17NO. The number of unbranched alkanes of at least 4 members (excludes halogenated alkanes) is 1. The summed E-state index contributed by atoms with van der Waals surface area (Å²) in [7, 11) is 0. The topological polar surface area (TPSA) is 29.1 Å². The molecule has 0 heterocycles. The van der Waals surface area contributed by atoms with Crippen LogP contribution in [0.2, 0.25) is 0 Å². The number of hydrogen-bond acceptors (Lipinski definition) is 2. The van der Waals surface area contributed by atoms with Gasteiger partial charge in [-0.2, -0.15) is 0 Å². The summed E-state index contributed by atoms with van der Waals surface area (Å²) in [5.74, 6) is 0.288. The Balaban J connectivity index is 2.24. The molecule has 0 saturated heterocycles. The fraction of sp³-hybridized carbons (Fsp3) is 0.417. The molecule has 0 fully saturated rings. The Morgan fingerprint density at radius 3 is 2.64 bits per heavy atom. The predicted octanol–water partition coefficient (Wildman–Crippen LogP) is 2.86. The number of anilines is 1. The Bertz CT molecular complexity index is 269. The van der Waals surface area contributed by atoms with Crippen molar-refractivity contribution in [2.24, 2.45) is 0 Å². The van der Waals surface area contributed by atoms with E-state index in [1.54, 1.807) is 0 Å². The van der Waals surface area contributed by atoms with Crippen molar-refractivity contribution in [3.8, 4) is 0 Å². The summed E-state index contributed by atoms with van der Waals surface area (Å²) in [5.41, 5.74) is 1.01. The van der Waals surface area contributed by atoms with Crippen molar-refractivity contribution in [1.29, 1.82) is 0 Å². The Hall–Kier alpha value is -1.31. The molecule has 0 aromatic heterocycles. The van der Waals surface area contributed by atoms with Crippen LogP contribution in [0.3, 0.4) is 0 Å². The van der Waals surface area contributed by atoms with Crippen molar-refractivity contribution in [3.05, 3.63) is 30.3 Å². The van der Waals surface area contributed by atoms with E-state index in [-0.39, 0.29) is 5.78 Å². The number of ketones is 1. The minimum atomic E-state index is 0.288. The zero-order valence-electron chi connectivity index (χ0n) is 8.62. The van der Waals surface area contributed by atoms with Crippen molar-refractivity contribution >= 4 is 11.5 Å². The minimum absolute atomic E-state index is 0.288. The average Bonchev–Trinajstić information content (AvgIpc) is 2.25. The van der Waals surface area contributed by atoms with Crippen LogP contribution < -0.4 is 5.32 Å². The third-order valence-corrected chi connectivity index (χ3v) is 2.07. The van der Waals surface area contributed by atoms with Crippen LogP contribution in [-0.2, 0) is 4.79 Å². The van der Waals surface area contributed by atoms with Gasteiger partial charge < -0.3 is 5.32 Å². The molecule has 0 radical (unpaired) electrons. The molecule has 0 aliphatic heterocycles. The molecule has 0 saturated carbocycles. The number of benzene rings is 1. The van der Waals surface area contributed by atoms with Crippen LogP contribution in [0.1, 0.15) is 26.2 Å². The van der Waals surface area contributed by atoms with Crippen LogP contribution in [0.15, 0.2) is 30.3 Å². The number of para-hydroxylation sites is 1. The van der Waals surface area contributed by atoms with E-state index in [2.05, 4.69) is 12.2 Å². The molecule has 1 aromatic carbocycles. The highest BCUT2D eigenvalue weighted by Crippen LogP contribution is 2.04. The van der Waals surface area contributed by atoms with Crippen LogP contribution in [0.4, 0.5) is 5.69 Å². The van der Waals surface area contributed by atoms with Gasteiger partial charge in [0.15, 0.2) is 5.78 Å². The molecule has 0 aliphatic carbocycles. The first-order valence-corrected chi connectivity index (χ1v) is 5.13. The average molecular weight is 191 g/mol. The quantitative estimate of drug-likeness (QED) is 0.749. The van der Waals surface area contributed by atoms with Gasteiger partial charge in [0.25, 0.3) is 0 Å². The molecule has 0 unspecified atom stereocenters. The van der Waals surface area contributed by atoms with Crippen molar-refractivity contribution < 1.29 is 4.79 Å². The zero-order valence-corrected chi connectivity index (χ0v) is 8.62. The number of Topliss-reactive ketones (excluding diaryl/α,β-unsaturated/α-hetero) is 1. The second-order valence-electron chi connectivity index (χ2n) is 3.36. The Labute approximate surface area is 85.3 Å². The van der Waals surface area contributed by atoms with Gasteiger partial charge in [0.05, 0.1) is 6.54 Å². The predicted molar refractivity (Wildman–Crippen MR) is 59.5 cm³/mol. The van der Waals surface area contributed by atoms with E-state index in [0.29, 0.717) is 13.0 Å². The lowest BCUT2D eigenvalue weighted by Gasteiger charge is -2.04. The molecule has 76 valence electrons. The van der Waals surface area contributed by atoms with Gasteiger partial charge in [-0.05, 0) is 18.6 Å². The number of nitrogens with one attached hydrogen (secondary N) is 1. The Morgan fingerprint density at radius 1 is 1.29 bits per heavy atom. The molecule has 2 heteroatoms. The highest BCUT2D eigenvalue weighted by Gasteiger charge is 1.99. The molecular weight excluding hydrogens is 174 g/mol. The van der Waals surface area contributed by atoms with Gasteiger partial charge in [-0.15, -0.1) is 0 Å². The second-order valence-corrected chi connectivity index (χ2v) is 3.36. The lowest BCUT2D eigenvalue weighted by atomic mass is 10.2. The summed E-state index contributed by atoms with van der Waals surface area (Å²) in [6.45, 7) is 2.54. The molecule has 1 rings (SSSR count). The number of carbonyl (C=O) groups is 1. The van der Waals surface area contributed by atoms with E-state index in [0.717, 1.165) is 18.5 Å². The highest BCUT2D eigenvalue weighted by atomic mass is 16.1. The van der Waals surface area contributed by atoms with E-state index in [1.807, 2.05) is 30.3 Å². The van der Waals surface area contributed by atoms with Crippen molar-refractivity contribution in [3.63, 3.8) is 0 Å². The second kappa shape index (κ2) is 6.19. The van der Waals surface area contributed by atoms with Gasteiger partial charge in [-0.25, -0.2) is 0 Å². The number of carbonyl (C=O) groups excluding carboxylic acids is 1. The van der Waals surface area contributed by atoms with E-state index in [4.69, 9.17) is 0 Å².